The van der Waals surface area contributed by atoms with E-state index in [4.69, 9.17) is 15.2 Å². The summed E-state index contributed by atoms with van der Waals surface area (Å²) in [6.45, 7) is 7.79. The summed E-state index contributed by atoms with van der Waals surface area (Å²) >= 11 is 0. The fourth-order valence-electron chi connectivity index (χ4n) is 3.30. The Morgan fingerprint density at radius 3 is 2.52 bits per heavy atom. The molecule has 2 rings (SSSR count). The molecule has 0 unspecified atom stereocenters. The van der Waals surface area contributed by atoms with Crippen molar-refractivity contribution >= 4 is 17.1 Å². The summed E-state index contributed by atoms with van der Waals surface area (Å²) in [7, 11) is 2.75. The molecule has 1 aromatic carbocycles. The fourth-order valence-corrected chi connectivity index (χ4v) is 3.30. The second-order valence-corrected chi connectivity index (χ2v) is 7.01. The largest absolute Gasteiger partial charge is 0.483 e. The van der Waals surface area contributed by atoms with Crippen molar-refractivity contribution in [2.45, 2.75) is 26.7 Å². The van der Waals surface area contributed by atoms with Gasteiger partial charge in [-0.3, -0.25) is 0 Å². The lowest BCUT2D eigenvalue weighted by Gasteiger charge is -2.25. The third-order valence-corrected chi connectivity index (χ3v) is 4.83. The van der Waals surface area contributed by atoms with Gasteiger partial charge in [0, 0.05) is 11.6 Å². The number of ether oxygens (including phenoxy) is 2. The second kappa shape index (κ2) is 8.25. The van der Waals surface area contributed by atoms with Crippen LogP contribution in [0.3, 0.4) is 0 Å². The molecule has 0 saturated carbocycles. The number of carbonyl (C=O) groups excluding carboxylic acids is 1. The molecular weight excluding hydrogens is 345 g/mol. The molecule has 1 aliphatic rings. The number of halogens is 1. The van der Waals surface area contributed by atoms with Gasteiger partial charge in [-0.25, -0.2) is 9.18 Å². The number of methoxy groups -OCH3 is 2. The Kier molecular flexibility index (Phi) is 6.26. The molecule has 5 heteroatoms. The van der Waals surface area contributed by atoms with E-state index in [-0.39, 0.29) is 16.9 Å². The lowest BCUT2D eigenvalue weighted by molar-refractivity contribution is 0.0600. The van der Waals surface area contributed by atoms with E-state index in [0.29, 0.717) is 11.1 Å². The molecule has 0 fully saturated rings. The van der Waals surface area contributed by atoms with Gasteiger partial charge >= 0.3 is 5.97 Å². The molecule has 27 heavy (non-hydrogen) atoms. The van der Waals surface area contributed by atoms with E-state index in [2.05, 4.69) is 26.5 Å². The van der Waals surface area contributed by atoms with Crippen molar-refractivity contribution in [1.29, 1.82) is 0 Å². The summed E-state index contributed by atoms with van der Waals surface area (Å²) in [6.07, 6.45) is 6.58. The van der Waals surface area contributed by atoms with E-state index in [1.54, 1.807) is 18.2 Å². The first-order valence-corrected chi connectivity index (χ1v) is 8.72. The van der Waals surface area contributed by atoms with Crippen LogP contribution in [0.4, 0.5) is 4.39 Å². The Morgan fingerprint density at radius 1 is 1.30 bits per heavy atom. The first kappa shape index (κ1) is 20.5. The van der Waals surface area contributed by atoms with Gasteiger partial charge in [-0.05, 0) is 53.2 Å². The molecule has 1 aromatic rings. The van der Waals surface area contributed by atoms with Crippen LogP contribution in [-0.2, 0) is 9.47 Å². The Bertz CT molecular complexity index is 847. The highest BCUT2D eigenvalue weighted by Gasteiger charge is 2.31. The van der Waals surface area contributed by atoms with Gasteiger partial charge in [0.25, 0.3) is 0 Å². The Balaban J connectivity index is 2.79. The van der Waals surface area contributed by atoms with E-state index in [1.165, 1.54) is 20.3 Å². The fraction of sp³-hybridized carbons (Fsp3) is 0.318. The molecule has 144 valence electrons. The van der Waals surface area contributed by atoms with Gasteiger partial charge in [-0.2, -0.15) is 0 Å². The van der Waals surface area contributed by atoms with Gasteiger partial charge in [-0.1, -0.05) is 32.6 Å². The average molecular weight is 371 g/mol. The molecule has 1 aliphatic carbocycles. The summed E-state index contributed by atoms with van der Waals surface area (Å²) in [5.74, 6) is -0.899. The van der Waals surface area contributed by atoms with Crippen molar-refractivity contribution in [3.05, 3.63) is 71.4 Å². The molecule has 0 atom stereocenters. The van der Waals surface area contributed by atoms with Crippen LogP contribution in [0, 0.1) is 5.41 Å². The standard InChI is InChI=1S/C22H26FNO3/c1-6-19(23)17(13-20(24)26-4)15-10-9-14(21(25)27-5)12-16(15)18-8-7-11-22(18,2)3/h6,8-10,12-13H,1,7,11,24H2,2-5H3/b19-17-,20-13+. The molecule has 0 saturated heterocycles. The highest BCUT2D eigenvalue weighted by atomic mass is 19.1. The van der Waals surface area contributed by atoms with Crippen molar-refractivity contribution in [2.24, 2.45) is 11.1 Å². The lowest BCUT2D eigenvalue weighted by Crippen LogP contribution is -2.12. The summed E-state index contributed by atoms with van der Waals surface area (Å²) < 4.78 is 24.5. The van der Waals surface area contributed by atoms with Crippen LogP contribution in [-0.4, -0.2) is 20.2 Å². The number of allylic oxidation sites excluding steroid dienone is 6. The molecule has 0 aliphatic heterocycles. The Hall–Kier alpha value is -2.82. The maximum atomic E-state index is 14.7. The highest BCUT2D eigenvalue weighted by molar-refractivity contribution is 5.94. The molecule has 4 nitrogen and oxygen atoms in total. The van der Waals surface area contributed by atoms with E-state index in [1.807, 2.05) is 0 Å². The Morgan fingerprint density at radius 2 is 2.00 bits per heavy atom. The lowest BCUT2D eigenvalue weighted by atomic mass is 9.79. The molecular formula is C22H26FNO3. The van der Waals surface area contributed by atoms with Crippen LogP contribution >= 0.6 is 0 Å². The average Bonchev–Trinajstić information content (AvgIpc) is 3.03. The number of hydrogen-bond donors (Lipinski definition) is 1. The normalized spacial score (nSPS) is 17.1. The number of esters is 1. The molecule has 0 radical (unpaired) electrons. The van der Waals surface area contributed by atoms with Crippen LogP contribution in [0.25, 0.3) is 11.1 Å². The van der Waals surface area contributed by atoms with E-state index >= 15 is 0 Å². The zero-order valence-corrected chi connectivity index (χ0v) is 16.3. The predicted octanol–water partition coefficient (Wildman–Crippen LogP) is 4.99. The molecule has 0 heterocycles. The molecule has 0 amide bonds. The van der Waals surface area contributed by atoms with Gasteiger partial charge < -0.3 is 15.2 Å². The number of rotatable bonds is 6. The molecule has 0 spiro atoms. The second-order valence-electron chi connectivity index (χ2n) is 7.01. The summed E-state index contributed by atoms with van der Waals surface area (Å²) in [5.41, 5.74) is 8.77. The van der Waals surface area contributed by atoms with Crippen LogP contribution in [0.1, 0.15) is 48.2 Å². The monoisotopic (exact) mass is 371 g/mol. The zero-order chi connectivity index (χ0) is 20.2. The molecule has 0 aromatic heterocycles. The molecule has 2 N–H and O–H groups in total. The predicted molar refractivity (Wildman–Crippen MR) is 106 cm³/mol. The smallest absolute Gasteiger partial charge is 0.337 e. The number of benzene rings is 1. The van der Waals surface area contributed by atoms with Crippen LogP contribution in [0.15, 0.2) is 54.7 Å². The highest BCUT2D eigenvalue weighted by Crippen LogP contribution is 2.46. The van der Waals surface area contributed by atoms with E-state index in [9.17, 15) is 9.18 Å². The minimum atomic E-state index is -0.529. The quantitative estimate of drug-likeness (QED) is 0.435. The topological polar surface area (TPSA) is 61.5 Å². The van der Waals surface area contributed by atoms with Gasteiger partial charge in [0.15, 0.2) is 5.88 Å². The third kappa shape index (κ3) is 4.30. The van der Waals surface area contributed by atoms with Crippen molar-refractivity contribution in [3.63, 3.8) is 0 Å². The first-order chi connectivity index (χ1) is 12.7. The summed E-state index contributed by atoms with van der Waals surface area (Å²) in [4.78, 5) is 12.0. The van der Waals surface area contributed by atoms with Crippen molar-refractivity contribution < 1.29 is 18.7 Å². The SMILES string of the molecule is C=C/C(F)=C(\C=C(/N)OC)c1ccc(C(=O)OC)cc1C1=CCCC1(C)C. The van der Waals surface area contributed by atoms with Crippen molar-refractivity contribution in [3.8, 4) is 0 Å². The Labute approximate surface area is 159 Å². The van der Waals surface area contributed by atoms with Crippen molar-refractivity contribution in [2.75, 3.05) is 14.2 Å². The van der Waals surface area contributed by atoms with Gasteiger partial charge in [0.1, 0.15) is 5.83 Å². The van der Waals surface area contributed by atoms with Gasteiger partial charge in [-0.15, -0.1) is 0 Å². The van der Waals surface area contributed by atoms with Gasteiger partial charge in [0.2, 0.25) is 0 Å². The maximum absolute atomic E-state index is 14.7. The maximum Gasteiger partial charge on any atom is 0.337 e. The zero-order valence-electron chi connectivity index (χ0n) is 16.3. The first-order valence-electron chi connectivity index (χ1n) is 8.72. The van der Waals surface area contributed by atoms with E-state index in [0.717, 1.165) is 30.1 Å². The third-order valence-electron chi connectivity index (χ3n) is 4.83. The van der Waals surface area contributed by atoms with Crippen LogP contribution < -0.4 is 5.73 Å². The van der Waals surface area contributed by atoms with Crippen LogP contribution in [0.5, 0.6) is 0 Å². The van der Waals surface area contributed by atoms with E-state index < -0.39 is 11.8 Å². The van der Waals surface area contributed by atoms with Gasteiger partial charge in [0.05, 0.1) is 19.8 Å². The minimum absolute atomic E-state index is 0.0738. The van der Waals surface area contributed by atoms with Crippen LogP contribution in [0.2, 0.25) is 0 Å². The minimum Gasteiger partial charge on any atom is -0.483 e. The summed E-state index contributed by atoms with van der Waals surface area (Å²) in [6, 6.07) is 5.06. The molecule has 0 bridgehead atoms. The van der Waals surface area contributed by atoms with Crippen molar-refractivity contribution in [1.82, 2.24) is 0 Å². The summed E-state index contributed by atoms with van der Waals surface area (Å²) in [5, 5.41) is 0. The number of nitrogens with two attached hydrogens (primary N) is 1. The number of carbonyl (C=O) groups is 1. The number of hydrogen-bond acceptors (Lipinski definition) is 4.